The van der Waals surface area contributed by atoms with Crippen LogP contribution in [0.5, 0.6) is 0 Å². The molecule has 0 bridgehead atoms. The van der Waals surface area contributed by atoms with E-state index in [0.29, 0.717) is 6.54 Å². The van der Waals surface area contributed by atoms with E-state index in [1.807, 2.05) is 13.8 Å². The molecule has 1 saturated heterocycles. The van der Waals surface area contributed by atoms with E-state index in [1.54, 1.807) is 0 Å². The Morgan fingerprint density at radius 3 is 2.46 bits per heavy atom. The molecule has 0 spiro atoms. The summed E-state index contributed by atoms with van der Waals surface area (Å²) in [6, 6.07) is 0. The molecule has 4 N–H and O–H groups in total. The zero-order valence-corrected chi connectivity index (χ0v) is 15.3. The molecule has 1 aliphatic carbocycles. The highest BCUT2D eigenvalue weighted by molar-refractivity contribution is 5.84. The second-order valence-electron chi connectivity index (χ2n) is 7.35. The van der Waals surface area contributed by atoms with E-state index >= 15 is 0 Å². The van der Waals surface area contributed by atoms with E-state index in [2.05, 4.69) is 22.0 Å². The highest BCUT2D eigenvalue weighted by Crippen LogP contribution is 2.25. The molecule has 0 aromatic heterocycles. The number of carbonyl (C=O) groups is 1. The predicted octanol–water partition coefficient (Wildman–Crippen LogP) is -0.00560. The highest BCUT2D eigenvalue weighted by Gasteiger charge is 2.35. The Bertz CT molecular complexity index is 458. The Morgan fingerprint density at radius 2 is 1.96 bits per heavy atom. The number of nitrogens with one attached hydrogen (secondary N) is 1. The smallest absolute Gasteiger partial charge is 0.237 e. The van der Waals surface area contributed by atoms with Gasteiger partial charge in [0.15, 0.2) is 5.96 Å². The minimum Gasteiger partial charge on any atom is -0.393 e. The number of carbonyl (C=O) groups excluding carboxylic acids is 1. The Kier molecular flexibility index (Phi) is 6.46. The number of hydrogen-bond acceptors (Lipinski definition) is 4. The number of hydrogen-bond donors (Lipinski definition) is 3. The van der Waals surface area contributed by atoms with Gasteiger partial charge in [-0.2, -0.15) is 0 Å². The van der Waals surface area contributed by atoms with Crippen molar-refractivity contribution in [3.05, 3.63) is 0 Å². The van der Waals surface area contributed by atoms with Crippen molar-refractivity contribution >= 4 is 11.9 Å². The van der Waals surface area contributed by atoms with Gasteiger partial charge in [-0.1, -0.05) is 6.42 Å². The predicted molar refractivity (Wildman–Crippen MR) is 95.7 cm³/mol. The first-order valence-corrected chi connectivity index (χ1v) is 9.12. The summed E-state index contributed by atoms with van der Waals surface area (Å²) in [4.78, 5) is 20.7. The second-order valence-corrected chi connectivity index (χ2v) is 7.35. The quantitative estimate of drug-likeness (QED) is 0.484. The summed E-state index contributed by atoms with van der Waals surface area (Å²) in [7, 11) is 0. The fraction of sp³-hybridized carbons (Fsp3) is 0.882. The minimum atomic E-state index is -0.616. The van der Waals surface area contributed by atoms with Crippen LogP contribution in [0.15, 0.2) is 4.99 Å². The molecule has 1 amide bonds. The van der Waals surface area contributed by atoms with Crippen molar-refractivity contribution < 1.29 is 9.90 Å². The third kappa shape index (κ3) is 4.39. The van der Waals surface area contributed by atoms with E-state index in [0.717, 1.165) is 57.9 Å². The van der Waals surface area contributed by atoms with Crippen molar-refractivity contribution in [1.82, 2.24) is 15.1 Å². The summed E-state index contributed by atoms with van der Waals surface area (Å²) in [5, 5.41) is 13.3. The maximum atomic E-state index is 11.6. The van der Waals surface area contributed by atoms with Crippen LogP contribution in [-0.2, 0) is 4.79 Å². The lowest BCUT2D eigenvalue weighted by Crippen LogP contribution is -2.61. The van der Waals surface area contributed by atoms with Crippen LogP contribution in [-0.4, -0.2) is 77.7 Å². The lowest BCUT2D eigenvalue weighted by atomic mass is 10.0. The molecular weight excluding hydrogens is 306 g/mol. The van der Waals surface area contributed by atoms with Crippen molar-refractivity contribution in [2.75, 3.05) is 39.3 Å². The molecule has 0 aromatic carbocycles. The third-order valence-corrected chi connectivity index (χ3v) is 5.40. The van der Waals surface area contributed by atoms with Crippen molar-refractivity contribution in [3.8, 4) is 0 Å². The Morgan fingerprint density at radius 1 is 1.29 bits per heavy atom. The summed E-state index contributed by atoms with van der Waals surface area (Å²) < 4.78 is 0. The van der Waals surface area contributed by atoms with Crippen LogP contribution in [0, 0.1) is 5.92 Å². The number of aliphatic hydroxyl groups is 1. The van der Waals surface area contributed by atoms with E-state index < -0.39 is 5.54 Å². The first-order valence-electron chi connectivity index (χ1n) is 9.12. The van der Waals surface area contributed by atoms with Crippen LogP contribution in [0.3, 0.4) is 0 Å². The van der Waals surface area contributed by atoms with Crippen LogP contribution in [0.1, 0.15) is 40.0 Å². The molecule has 1 aliphatic heterocycles. The Hall–Kier alpha value is -1.34. The van der Waals surface area contributed by atoms with Crippen molar-refractivity contribution in [3.63, 3.8) is 0 Å². The van der Waals surface area contributed by atoms with Crippen molar-refractivity contribution in [1.29, 1.82) is 0 Å². The van der Waals surface area contributed by atoms with Gasteiger partial charge < -0.3 is 21.1 Å². The first kappa shape index (κ1) is 19.0. The Labute approximate surface area is 145 Å². The number of guanidine groups is 1. The number of nitrogens with two attached hydrogens (primary N) is 1. The molecule has 1 heterocycles. The molecule has 7 nitrogen and oxygen atoms in total. The average molecular weight is 339 g/mol. The summed E-state index contributed by atoms with van der Waals surface area (Å²) in [5.41, 5.74) is 4.90. The van der Waals surface area contributed by atoms with Gasteiger partial charge in [0.2, 0.25) is 5.91 Å². The molecule has 2 atom stereocenters. The summed E-state index contributed by atoms with van der Waals surface area (Å²) in [6.07, 6.45) is 2.85. The van der Waals surface area contributed by atoms with Crippen LogP contribution in [0.4, 0.5) is 0 Å². The number of primary amides is 1. The first-order chi connectivity index (χ1) is 11.4. The number of piperazine rings is 1. The molecule has 138 valence electrons. The fourth-order valence-electron chi connectivity index (χ4n) is 3.49. The molecule has 0 radical (unpaired) electrons. The van der Waals surface area contributed by atoms with Gasteiger partial charge in [-0.3, -0.25) is 14.7 Å². The molecule has 0 aromatic rings. The second kappa shape index (κ2) is 8.16. The van der Waals surface area contributed by atoms with Crippen molar-refractivity contribution in [2.45, 2.75) is 51.7 Å². The SMILES string of the molecule is CCNC(=NCC1CCCC1O)N1CCN(C(C)(C)C(N)=O)CC1. The van der Waals surface area contributed by atoms with Gasteiger partial charge in [0, 0.05) is 45.2 Å². The maximum absolute atomic E-state index is 11.6. The standard InChI is InChI=1S/C17H33N5O2/c1-4-19-16(20-12-13-6-5-7-14(13)23)21-8-10-22(11-9-21)17(2,3)15(18)24/h13-14,23H,4-12H2,1-3H3,(H2,18,24)(H,19,20). The minimum absolute atomic E-state index is 0.204. The zero-order chi connectivity index (χ0) is 17.7. The molecular formula is C17H33N5O2. The van der Waals surface area contributed by atoms with Gasteiger partial charge in [0.05, 0.1) is 11.6 Å². The normalized spacial score (nSPS) is 26.7. The molecule has 2 fully saturated rings. The third-order valence-electron chi connectivity index (χ3n) is 5.40. The molecule has 7 heteroatoms. The van der Waals surface area contributed by atoms with Gasteiger partial charge in [0.1, 0.15) is 0 Å². The summed E-state index contributed by atoms with van der Waals surface area (Å²) in [6.45, 7) is 10.5. The van der Waals surface area contributed by atoms with Gasteiger partial charge in [-0.25, -0.2) is 0 Å². The topological polar surface area (TPSA) is 94.2 Å². The molecule has 1 saturated carbocycles. The van der Waals surface area contributed by atoms with Crippen molar-refractivity contribution in [2.24, 2.45) is 16.6 Å². The van der Waals surface area contributed by atoms with E-state index in [1.165, 1.54) is 0 Å². The van der Waals surface area contributed by atoms with E-state index in [9.17, 15) is 9.90 Å². The zero-order valence-electron chi connectivity index (χ0n) is 15.3. The average Bonchev–Trinajstić information content (AvgIpc) is 2.96. The molecule has 2 rings (SSSR count). The molecule has 2 aliphatic rings. The Balaban J connectivity index is 1.94. The largest absolute Gasteiger partial charge is 0.393 e. The van der Waals surface area contributed by atoms with Gasteiger partial charge in [-0.15, -0.1) is 0 Å². The molecule has 24 heavy (non-hydrogen) atoms. The van der Waals surface area contributed by atoms with Gasteiger partial charge in [-0.05, 0) is 33.6 Å². The number of amides is 1. The lowest BCUT2D eigenvalue weighted by molar-refractivity contribution is -0.129. The van der Waals surface area contributed by atoms with Crippen LogP contribution >= 0.6 is 0 Å². The molecule has 2 unspecified atom stereocenters. The van der Waals surface area contributed by atoms with Crippen LogP contribution < -0.4 is 11.1 Å². The van der Waals surface area contributed by atoms with Crippen LogP contribution in [0.25, 0.3) is 0 Å². The lowest BCUT2D eigenvalue weighted by Gasteiger charge is -2.43. The monoisotopic (exact) mass is 339 g/mol. The van der Waals surface area contributed by atoms with E-state index in [4.69, 9.17) is 10.7 Å². The van der Waals surface area contributed by atoms with Gasteiger partial charge in [0.25, 0.3) is 0 Å². The highest BCUT2D eigenvalue weighted by atomic mass is 16.3. The summed E-state index contributed by atoms with van der Waals surface area (Å²) >= 11 is 0. The summed E-state index contributed by atoms with van der Waals surface area (Å²) in [5.74, 6) is 0.911. The van der Waals surface area contributed by atoms with Gasteiger partial charge >= 0.3 is 0 Å². The number of rotatable bonds is 5. The number of aliphatic hydroxyl groups excluding tert-OH is 1. The fourth-order valence-corrected chi connectivity index (χ4v) is 3.49. The number of aliphatic imine (C=N–C) groups is 1. The maximum Gasteiger partial charge on any atom is 0.237 e. The number of nitrogens with zero attached hydrogens (tertiary/aromatic N) is 3. The van der Waals surface area contributed by atoms with E-state index in [-0.39, 0.29) is 17.9 Å². The van der Waals surface area contributed by atoms with Crippen LogP contribution in [0.2, 0.25) is 0 Å².